The molecule has 0 spiro atoms. The second-order valence-corrected chi connectivity index (χ2v) is 45.3. The number of alkyl halides is 3. The molecule has 3 aromatic carbocycles. The van der Waals surface area contributed by atoms with Crippen LogP contribution in [0.5, 0.6) is 0 Å². The van der Waals surface area contributed by atoms with Crippen molar-refractivity contribution in [1.82, 2.24) is 53.9 Å². The Hall–Kier alpha value is -10.4. The summed E-state index contributed by atoms with van der Waals surface area (Å²) < 4.78 is 53.0. The number of nitrogens with zero attached hydrogens (tertiary/aromatic N) is 11. The molecule has 4 fully saturated rings. The van der Waals surface area contributed by atoms with Crippen LogP contribution in [-0.4, -0.2) is 94.4 Å². The molecule has 0 aliphatic heterocycles. The van der Waals surface area contributed by atoms with Gasteiger partial charge >= 0.3 is 6.18 Å². The second-order valence-electron chi connectivity index (χ2n) is 43.9. The minimum Gasteiger partial charge on any atom is -0.469 e. The molecule has 0 N–H and O–H groups in total. The van der Waals surface area contributed by atoms with Crippen LogP contribution < -0.4 is 0 Å². The molecule has 4 aliphatic carbocycles. The van der Waals surface area contributed by atoms with Crippen molar-refractivity contribution in [3.63, 3.8) is 0 Å². The second kappa shape index (κ2) is 69.2. The smallest absolute Gasteiger partial charge is 0.416 e. The number of carbonyl (C=O) groups excluding carboxylic acids is 7. The Balaban J connectivity index is 0.000000342. The molecule has 2 unspecified atom stereocenters. The summed E-state index contributed by atoms with van der Waals surface area (Å²) in [5.41, 5.74) is 11.8. The summed E-state index contributed by atoms with van der Waals surface area (Å²) in [5, 5.41) is 26.2. The zero-order valence-corrected chi connectivity index (χ0v) is 97.1. The number of benzene rings is 3. The van der Waals surface area contributed by atoms with E-state index in [1.807, 2.05) is 241 Å². The van der Waals surface area contributed by atoms with Crippen molar-refractivity contribution in [1.29, 1.82) is 0 Å². The molecular formula is C125H185ClF3N11O8S. The minimum atomic E-state index is -4.27. The summed E-state index contributed by atoms with van der Waals surface area (Å²) in [6.07, 6.45) is 34.6. The minimum absolute atomic E-state index is 0.139. The lowest BCUT2D eigenvalue weighted by molar-refractivity contribution is -0.138. The average Bonchev–Trinajstić information content (AvgIpc) is 1.62. The summed E-state index contributed by atoms with van der Waals surface area (Å²) in [7, 11) is 5.87. The Morgan fingerprint density at radius 2 is 0.893 bits per heavy atom. The number of furan rings is 1. The topological polar surface area (TPSA) is 235 Å². The van der Waals surface area contributed by atoms with Gasteiger partial charge in [0.15, 0.2) is 0 Å². The average molecular weight is 2090 g/mol. The van der Waals surface area contributed by atoms with Crippen LogP contribution in [0.25, 0.3) is 10.9 Å². The summed E-state index contributed by atoms with van der Waals surface area (Å²) in [6.45, 7) is 64.7. The van der Waals surface area contributed by atoms with Gasteiger partial charge in [0.25, 0.3) is 0 Å². The molecule has 4 atom stereocenters. The number of ketones is 7. The Labute approximate surface area is 902 Å². The van der Waals surface area contributed by atoms with E-state index in [4.69, 9.17) is 16.0 Å². The highest BCUT2D eigenvalue weighted by atomic mass is 35.5. The number of fused-ring (bicyclic) bond motifs is 1. The van der Waals surface area contributed by atoms with E-state index in [0.29, 0.717) is 114 Å². The normalized spacial score (nSPS) is 14.8. The first-order chi connectivity index (χ1) is 70.3. The Bertz CT molecular complexity index is 5400. The summed E-state index contributed by atoms with van der Waals surface area (Å²) in [4.78, 5) is 83.6. The largest absolute Gasteiger partial charge is 0.469 e. The summed E-state index contributed by atoms with van der Waals surface area (Å²) in [5.74, 6) is 10.0. The molecule has 24 heteroatoms. The van der Waals surface area contributed by atoms with Crippen LogP contribution in [0.2, 0.25) is 5.02 Å². The number of aryl methyl sites for hydroxylation is 11. The Morgan fingerprint density at radius 1 is 0.443 bits per heavy atom. The van der Waals surface area contributed by atoms with Gasteiger partial charge in [-0.2, -0.15) is 38.7 Å². The summed E-state index contributed by atoms with van der Waals surface area (Å²) in [6, 6.07) is 33.5. The van der Waals surface area contributed by atoms with Gasteiger partial charge in [0.05, 0.1) is 28.0 Å². The molecule has 822 valence electrons. The van der Waals surface area contributed by atoms with Gasteiger partial charge < -0.3 is 4.42 Å². The molecule has 14 rings (SSSR count). The van der Waals surface area contributed by atoms with Crippen molar-refractivity contribution in [3.8, 4) is 0 Å². The predicted molar refractivity (Wildman–Crippen MR) is 610 cm³/mol. The van der Waals surface area contributed by atoms with Crippen LogP contribution in [0.3, 0.4) is 0 Å². The van der Waals surface area contributed by atoms with Crippen molar-refractivity contribution >= 4 is 74.3 Å². The predicted octanol–water partition coefficient (Wildman–Crippen LogP) is 31.9. The maximum Gasteiger partial charge on any atom is 0.416 e. The molecule has 0 saturated heterocycles. The molecule has 0 amide bonds. The van der Waals surface area contributed by atoms with E-state index in [9.17, 15) is 46.7 Å². The lowest BCUT2D eigenvalue weighted by Crippen LogP contribution is -2.10. The number of rotatable bonds is 44. The quantitative estimate of drug-likeness (QED) is 0.0323. The Kier molecular flexibility index (Phi) is 60.8. The van der Waals surface area contributed by atoms with Gasteiger partial charge in [0, 0.05) is 214 Å². The highest BCUT2D eigenvalue weighted by Crippen LogP contribution is 2.50. The fourth-order valence-corrected chi connectivity index (χ4v) is 17.0. The van der Waals surface area contributed by atoms with Crippen molar-refractivity contribution in [3.05, 3.63) is 262 Å². The van der Waals surface area contributed by atoms with Crippen molar-refractivity contribution in [2.75, 3.05) is 0 Å². The van der Waals surface area contributed by atoms with Crippen LogP contribution in [-0.2, 0) is 106 Å². The third-order valence-corrected chi connectivity index (χ3v) is 28.7. The van der Waals surface area contributed by atoms with E-state index in [-0.39, 0.29) is 53.3 Å². The standard InChI is InChI=1S/C15H20N2.C14H17F3.C12H15ClO.C12H20N2.2C11H16N2O.C11H18N2.C11H20O.C10H14O2.C9H13NOS.C9H16O/c1-12(2)13(3)7-6-10-17-11-14-8-4-5-9-15(14)16-17;1-10(2)11(3)8-9-12-6-4-5-7-13(12)14(15,16)17;1-9(2)12(14)8-5-10-3-6-11(13)7-4-10;1-9(2)10(3)6-7-12-8-11(4)13-14(12)5;2*1-7(2)11(14)9-6-8(9)10-4-5-12-13(10)3;1-10(2)11(3)6-4-8-13-9-5-7-12-13;1-9(2)11(12)8-7-10-5-3-4-6-10;1-8(2)10(11)6-5-9-4-3-7-12-9;1-7(2)8(11)3-4-9-10-5-6-12-9;1-7(2)9(10)6-5-8-3-4-8/h4-5,8-9,11-12H,3,6-7,10H2,1-2H3;4-7,10H,3,8-9H2,1-2H3;3-4,6-7,9H,5,8H2,1-2H3;8-9H,3,6-7H2,1-2,4-5H3;2*4-5,7-9H,6H2,1-3H3;5,7,9-10H,3-4,6,8H2,1-2H3;9-10H,3-8H2,1-2H3;3-4,7-8H,5-6H2,1-2H3;5-7H,3-4H2,1-2H3;7-8H,3-6H2,1-2H3/t;;;;2*8?,9-;;;;;/m....10...../s1. The van der Waals surface area contributed by atoms with Crippen LogP contribution >= 0.6 is 22.9 Å². The van der Waals surface area contributed by atoms with Crippen LogP contribution in [0.1, 0.15) is 349 Å². The first kappa shape index (κ1) is 131. The zero-order chi connectivity index (χ0) is 111. The molecule has 7 heterocycles. The molecule has 4 aliphatic rings. The summed E-state index contributed by atoms with van der Waals surface area (Å²) >= 11 is 7.37. The van der Waals surface area contributed by atoms with E-state index >= 15 is 0 Å². The molecule has 149 heavy (non-hydrogen) atoms. The van der Waals surface area contributed by atoms with Crippen molar-refractivity contribution < 1.29 is 51.2 Å². The lowest BCUT2D eigenvalue weighted by atomic mass is 9.95. The molecule has 7 aromatic heterocycles. The SMILES string of the molecule is C=C(CCCn1cc2ccccc2n1)C(C)C.C=C(CCCn1cccn1)C(C)C.C=C(CCc1cc(C)nn1C)C(C)C.C=C(CCc1ccccc1C(F)(F)F)C(C)C.CC(C)C(=O)CCC1CC1.CC(C)C(=O)CCC1CCCC1.CC(C)C(=O)CCc1ccc(Cl)cc1.CC(C)C(=O)CCc1ccco1.CC(C)C(=O)CCc1nccs1.CC(C)C(=O)[C@@H]1CC1c1ccnn1C.CC(C)C(=O)[C@H]1CC1c1ccnn1C. The van der Waals surface area contributed by atoms with E-state index in [1.165, 1.54) is 95.4 Å². The number of aromatic nitrogens is 11. The fraction of sp³-hybridized carbons (Fsp3) is 0.576. The lowest BCUT2D eigenvalue weighted by Gasteiger charge is -2.14. The molecule has 4 saturated carbocycles. The number of hydrogen-bond donors (Lipinski definition) is 0. The highest BCUT2D eigenvalue weighted by molar-refractivity contribution is 7.09. The first-order valence-electron chi connectivity index (χ1n) is 54.9. The first-order valence-corrected chi connectivity index (χ1v) is 56.1. The van der Waals surface area contributed by atoms with Gasteiger partial charge in [-0.3, -0.25) is 57.0 Å². The maximum atomic E-state index is 12.7. The number of hydrogen-bond acceptors (Lipinski definition) is 15. The fourth-order valence-electron chi connectivity index (χ4n) is 16.2. The maximum absolute atomic E-state index is 12.7. The number of thiazole rings is 1. The number of carbonyl (C=O) groups is 7. The van der Waals surface area contributed by atoms with Gasteiger partial charge in [-0.05, 0) is 198 Å². The van der Waals surface area contributed by atoms with Crippen molar-refractivity contribution in [2.24, 2.45) is 110 Å². The number of Topliss-reactive ketones (excluding diaryl/α,β-unsaturated/α-hetero) is 7. The molecular weight excluding hydrogens is 1910 g/mol. The number of halogens is 4. The van der Waals surface area contributed by atoms with Gasteiger partial charge in [-0.25, -0.2) is 4.98 Å². The van der Waals surface area contributed by atoms with Crippen LogP contribution in [0.15, 0.2) is 211 Å². The molecule has 0 bridgehead atoms. The van der Waals surface area contributed by atoms with E-state index in [1.54, 1.807) is 42.3 Å². The third kappa shape index (κ3) is 53.4. The van der Waals surface area contributed by atoms with Crippen LogP contribution in [0, 0.1) is 95.7 Å². The third-order valence-electron chi connectivity index (χ3n) is 27.7. The van der Waals surface area contributed by atoms with Crippen molar-refractivity contribution in [2.45, 2.75) is 357 Å². The highest BCUT2D eigenvalue weighted by Gasteiger charge is 2.47. The molecule has 0 radical (unpaired) electrons. The number of allylic oxidation sites excluding steroid dienone is 4. The van der Waals surface area contributed by atoms with Gasteiger partial charge in [0.1, 0.15) is 46.2 Å². The van der Waals surface area contributed by atoms with Gasteiger partial charge in [-0.15, -0.1) is 11.3 Å². The van der Waals surface area contributed by atoms with E-state index in [0.717, 1.165) is 160 Å². The Morgan fingerprint density at radius 3 is 1.30 bits per heavy atom. The van der Waals surface area contributed by atoms with Gasteiger partial charge in [0.2, 0.25) is 0 Å². The van der Waals surface area contributed by atoms with Gasteiger partial charge in [-0.1, -0.05) is 300 Å². The van der Waals surface area contributed by atoms with E-state index in [2.05, 4.69) is 129 Å². The monoisotopic (exact) mass is 2090 g/mol. The molecule has 10 aromatic rings. The van der Waals surface area contributed by atoms with E-state index < -0.39 is 11.7 Å². The molecule has 19 nitrogen and oxygen atoms in total. The van der Waals surface area contributed by atoms with Crippen LogP contribution in [0.4, 0.5) is 13.2 Å². The zero-order valence-electron chi connectivity index (χ0n) is 95.6.